The summed E-state index contributed by atoms with van der Waals surface area (Å²) in [7, 11) is 0. The summed E-state index contributed by atoms with van der Waals surface area (Å²) in [6.07, 6.45) is 12.6. The van der Waals surface area contributed by atoms with Gasteiger partial charge in [-0.05, 0) is 79.4 Å². The summed E-state index contributed by atoms with van der Waals surface area (Å²) in [6, 6.07) is 0. The molecular formula is C17H28. The molecule has 4 bridgehead atoms. The van der Waals surface area contributed by atoms with Crippen LogP contribution < -0.4 is 0 Å². The molecule has 0 nitrogen and oxygen atoms in total. The maximum atomic E-state index is 2.68. The van der Waals surface area contributed by atoms with Gasteiger partial charge in [0.15, 0.2) is 0 Å². The highest BCUT2D eigenvalue weighted by atomic mass is 14.6. The smallest absolute Gasteiger partial charge is 0.0264 e. The van der Waals surface area contributed by atoms with Crippen LogP contribution in [0, 0.1) is 40.9 Å². The van der Waals surface area contributed by atoms with Crippen LogP contribution in [-0.2, 0) is 0 Å². The highest BCUT2D eigenvalue weighted by Gasteiger charge is 2.55. The molecule has 4 aliphatic carbocycles. The van der Waals surface area contributed by atoms with Gasteiger partial charge in [-0.2, -0.15) is 0 Å². The van der Waals surface area contributed by atoms with E-state index in [9.17, 15) is 0 Å². The predicted molar refractivity (Wildman–Crippen MR) is 71.7 cm³/mol. The van der Waals surface area contributed by atoms with Crippen LogP contribution in [0.4, 0.5) is 0 Å². The first kappa shape index (κ1) is 10.9. The van der Waals surface area contributed by atoms with Gasteiger partial charge >= 0.3 is 0 Å². The average Bonchev–Trinajstić information content (AvgIpc) is 2.97. The second kappa shape index (κ2) is 3.52. The standard InChI is InChI=1S/C17H28/c1-11-14-5-3-12(7-14)9-16(11)17(2)10-13-4-6-15(17)8-13/h11-16H,3-10H2,1-2H3. The van der Waals surface area contributed by atoms with Crippen molar-refractivity contribution in [3.05, 3.63) is 0 Å². The first-order chi connectivity index (χ1) is 8.17. The highest BCUT2D eigenvalue weighted by Crippen LogP contribution is 2.64. The maximum absolute atomic E-state index is 2.68. The monoisotopic (exact) mass is 232 g/mol. The Morgan fingerprint density at radius 2 is 1.71 bits per heavy atom. The van der Waals surface area contributed by atoms with Crippen LogP contribution in [0.5, 0.6) is 0 Å². The molecule has 96 valence electrons. The molecule has 0 N–H and O–H groups in total. The fourth-order valence-electron chi connectivity index (χ4n) is 6.68. The molecule has 0 aromatic carbocycles. The van der Waals surface area contributed by atoms with Crippen molar-refractivity contribution in [2.45, 2.75) is 65.2 Å². The molecule has 0 heterocycles. The van der Waals surface area contributed by atoms with E-state index in [2.05, 4.69) is 13.8 Å². The number of hydrogen-bond donors (Lipinski definition) is 0. The molecular weight excluding hydrogens is 204 g/mol. The molecule has 0 aromatic rings. The van der Waals surface area contributed by atoms with Crippen LogP contribution in [0.1, 0.15) is 65.2 Å². The average molecular weight is 232 g/mol. The van der Waals surface area contributed by atoms with Crippen molar-refractivity contribution in [3.63, 3.8) is 0 Å². The van der Waals surface area contributed by atoms with Gasteiger partial charge in [-0.25, -0.2) is 0 Å². The van der Waals surface area contributed by atoms with Gasteiger partial charge in [-0.3, -0.25) is 0 Å². The summed E-state index contributed by atoms with van der Waals surface area (Å²) < 4.78 is 0. The Kier molecular flexibility index (Phi) is 2.25. The number of rotatable bonds is 1. The fraction of sp³-hybridized carbons (Fsp3) is 1.00. The highest BCUT2D eigenvalue weighted by molar-refractivity contribution is 5.05. The third-order valence-corrected chi connectivity index (χ3v) is 7.60. The van der Waals surface area contributed by atoms with E-state index in [0.717, 1.165) is 40.9 Å². The molecule has 4 saturated carbocycles. The van der Waals surface area contributed by atoms with Crippen LogP contribution in [0.25, 0.3) is 0 Å². The van der Waals surface area contributed by atoms with E-state index in [-0.39, 0.29) is 0 Å². The Bertz CT molecular complexity index is 320. The zero-order valence-corrected chi connectivity index (χ0v) is 11.6. The van der Waals surface area contributed by atoms with Crippen LogP contribution >= 0.6 is 0 Å². The quantitative estimate of drug-likeness (QED) is 0.604. The second-order valence-electron chi connectivity index (χ2n) is 8.23. The van der Waals surface area contributed by atoms with E-state index in [1.165, 1.54) is 0 Å². The van der Waals surface area contributed by atoms with Crippen molar-refractivity contribution in [2.24, 2.45) is 40.9 Å². The summed E-state index contributed by atoms with van der Waals surface area (Å²) >= 11 is 0. The van der Waals surface area contributed by atoms with Crippen molar-refractivity contribution >= 4 is 0 Å². The second-order valence-corrected chi connectivity index (χ2v) is 8.23. The molecule has 0 spiro atoms. The van der Waals surface area contributed by atoms with Crippen molar-refractivity contribution in [1.29, 1.82) is 0 Å². The molecule has 0 aromatic heterocycles. The van der Waals surface area contributed by atoms with Gasteiger partial charge in [0.05, 0.1) is 0 Å². The van der Waals surface area contributed by atoms with Gasteiger partial charge in [0.1, 0.15) is 0 Å². The Labute approximate surface area is 107 Å². The van der Waals surface area contributed by atoms with Crippen LogP contribution in [0.3, 0.4) is 0 Å². The van der Waals surface area contributed by atoms with Gasteiger partial charge in [-0.1, -0.05) is 26.7 Å². The minimum absolute atomic E-state index is 0.754. The van der Waals surface area contributed by atoms with E-state index < -0.39 is 0 Å². The lowest BCUT2D eigenvalue weighted by molar-refractivity contribution is 0.00528. The molecule has 17 heavy (non-hydrogen) atoms. The molecule has 0 aliphatic heterocycles. The summed E-state index contributed by atoms with van der Waals surface area (Å²) in [5.74, 6) is 6.59. The third-order valence-electron chi connectivity index (χ3n) is 7.60. The predicted octanol–water partition coefficient (Wildman–Crippen LogP) is 4.89. The zero-order valence-electron chi connectivity index (χ0n) is 11.6. The molecule has 4 rings (SSSR count). The minimum Gasteiger partial charge on any atom is -0.0620 e. The molecule has 7 atom stereocenters. The fourth-order valence-corrected chi connectivity index (χ4v) is 6.68. The van der Waals surface area contributed by atoms with E-state index in [0.29, 0.717) is 0 Å². The third kappa shape index (κ3) is 1.42. The van der Waals surface area contributed by atoms with Crippen LogP contribution in [-0.4, -0.2) is 0 Å². The Morgan fingerprint density at radius 1 is 0.882 bits per heavy atom. The Hall–Kier alpha value is 0. The summed E-state index contributed by atoms with van der Waals surface area (Å²) in [5.41, 5.74) is 0.754. The molecule has 7 unspecified atom stereocenters. The SMILES string of the molecule is CC1C2CCC(C2)CC1C1(C)CC2CCC1C2. The molecule has 0 heteroatoms. The minimum atomic E-state index is 0.754. The molecule has 0 saturated heterocycles. The Balaban J connectivity index is 1.62. The van der Waals surface area contributed by atoms with E-state index >= 15 is 0 Å². The van der Waals surface area contributed by atoms with Crippen LogP contribution in [0.2, 0.25) is 0 Å². The van der Waals surface area contributed by atoms with E-state index in [4.69, 9.17) is 0 Å². The molecule has 4 fully saturated rings. The zero-order chi connectivity index (χ0) is 11.6. The van der Waals surface area contributed by atoms with E-state index in [1.807, 2.05) is 0 Å². The van der Waals surface area contributed by atoms with Gasteiger partial charge < -0.3 is 0 Å². The first-order valence-electron chi connectivity index (χ1n) is 8.17. The molecule has 4 aliphatic rings. The van der Waals surface area contributed by atoms with Crippen LogP contribution in [0.15, 0.2) is 0 Å². The Morgan fingerprint density at radius 3 is 2.41 bits per heavy atom. The van der Waals surface area contributed by atoms with Gasteiger partial charge in [0.2, 0.25) is 0 Å². The normalized spacial score (nSPS) is 61.1. The summed E-state index contributed by atoms with van der Waals surface area (Å²) in [5, 5.41) is 0. The van der Waals surface area contributed by atoms with Crippen molar-refractivity contribution in [1.82, 2.24) is 0 Å². The van der Waals surface area contributed by atoms with Gasteiger partial charge in [0, 0.05) is 0 Å². The summed E-state index contributed by atoms with van der Waals surface area (Å²) in [6.45, 7) is 5.29. The topological polar surface area (TPSA) is 0 Å². The van der Waals surface area contributed by atoms with Crippen molar-refractivity contribution in [2.75, 3.05) is 0 Å². The molecule has 0 radical (unpaired) electrons. The lowest BCUT2D eigenvalue weighted by atomic mass is 9.56. The van der Waals surface area contributed by atoms with E-state index in [1.54, 1.807) is 51.4 Å². The van der Waals surface area contributed by atoms with Gasteiger partial charge in [0.25, 0.3) is 0 Å². The lowest BCUT2D eigenvalue weighted by Gasteiger charge is -2.48. The maximum Gasteiger partial charge on any atom is -0.0264 e. The van der Waals surface area contributed by atoms with Gasteiger partial charge in [-0.15, -0.1) is 0 Å². The number of hydrogen-bond acceptors (Lipinski definition) is 0. The summed E-state index contributed by atoms with van der Waals surface area (Å²) in [4.78, 5) is 0. The van der Waals surface area contributed by atoms with Crippen molar-refractivity contribution in [3.8, 4) is 0 Å². The lowest BCUT2D eigenvalue weighted by Crippen LogP contribution is -2.41. The van der Waals surface area contributed by atoms with Crippen molar-refractivity contribution < 1.29 is 0 Å². The largest absolute Gasteiger partial charge is 0.0620 e. The number of fused-ring (bicyclic) bond motifs is 4. The first-order valence-corrected chi connectivity index (χ1v) is 8.17. The molecule has 0 amide bonds.